The molecule has 1 aliphatic carbocycles. The van der Waals surface area contributed by atoms with Crippen molar-refractivity contribution < 1.29 is 9.90 Å². The molecule has 0 spiro atoms. The van der Waals surface area contributed by atoms with E-state index >= 15 is 0 Å². The number of aliphatic hydroxyl groups is 1. The van der Waals surface area contributed by atoms with Crippen LogP contribution in [0.3, 0.4) is 0 Å². The number of β-amino-alcohol motifs (C(OH)–C–C–N with tert-alkyl or cyclic N) is 1. The number of piperazine rings is 1. The van der Waals surface area contributed by atoms with Crippen molar-refractivity contribution in [2.45, 2.75) is 57.6 Å². The summed E-state index contributed by atoms with van der Waals surface area (Å²) in [5, 5.41) is 9.48. The van der Waals surface area contributed by atoms with Crippen LogP contribution in [0.1, 0.15) is 45.4 Å². The van der Waals surface area contributed by atoms with Crippen LogP contribution in [0.4, 0.5) is 0 Å². The Morgan fingerprint density at radius 3 is 2.39 bits per heavy atom. The van der Waals surface area contributed by atoms with Crippen LogP contribution in [0.5, 0.6) is 0 Å². The second-order valence-corrected chi connectivity index (χ2v) is 7.77. The zero-order chi connectivity index (χ0) is 16.2. The molecule has 5 nitrogen and oxygen atoms in total. The fourth-order valence-electron chi connectivity index (χ4n) is 4.72. The van der Waals surface area contributed by atoms with Gasteiger partial charge in [0.05, 0.1) is 12.6 Å². The summed E-state index contributed by atoms with van der Waals surface area (Å²) in [6.07, 6.45) is 7.45. The summed E-state index contributed by atoms with van der Waals surface area (Å²) < 4.78 is 0. The van der Waals surface area contributed by atoms with Crippen molar-refractivity contribution in [2.24, 2.45) is 5.92 Å². The van der Waals surface area contributed by atoms with Crippen LogP contribution >= 0.6 is 0 Å². The molecule has 0 radical (unpaired) electrons. The Hall–Kier alpha value is -0.650. The van der Waals surface area contributed by atoms with Crippen molar-refractivity contribution in [2.75, 3.05) is 45.8 Å². The summed E-state index contributed by atoms with van der Waals surface area (Å²) >= 11 is 0. The van der Waals surface area contributed by atoms with Crippen molar-refractivity contribution >= 4 is 5.91 Å². The standard InChI is InChI=1S/C18H33N3O2/c1-15(22)13-19-9-11-20(12-10-19)14-18(23)21-8-4-6-16-5-2-3-7-17(16)21/h15-17,22H,2-14H2,1H3/t15-,16-,17-/m0/s1. The Labute approximate surface area is 140 Å². The molecule has 1 N–H and O–H groups in total. The minimum Gasteiger partial charge on any atom is -0.392 e. The summed E-state index contributed by atoms with van der Waals surface area (Å²) in [5.41, 5.74) is 0. The van der Waals surface area contributed by atoms with Crippen LogP contribution < -0.4 is 0 Å². The van der Waals surface area contributed by atoms with Crippen molar-refractivity contribution in [3.05, 3.63) is 0 Å². The topological polar surface area (TPSA) is 47.0 Å². The molecular formula is C18H33N3O2. The quantitative estimate of drug-likeness (QED) is 0.844. The van der Waals surface area contributed by atoms with Gasteiger partial charge in [-0.15, -0.1) is 0 Å². The maximum atomic E-state index is 12.8. The molecule has 0 aromatic rings. The molecule has 3 atom stereocenters. The molecule has 1 saturated carbocycles. The maximum absolute atomic E-state index is 12.8. The van der Waals surface area contributed by atoms with E-state index in [4.69, 9.17) is 0 Å². The number of likely N-dealkylation sites (tertiary alicyclic amines) is 1. The van der Waals surface area contributed by atoms with Crippen LogP contribution in [-0.2, 0) is 4.79 Å². The maximum Gasteiger partial charge on any atom is 0.237 e. The summed E-state index contributed by atoms with van der Waals surface area (Å²) in [5.74, 6) is 1.12. The number of nitrogens with zero attached hydrogens (tertiary/aromatic N) is 3. The number of carbonyl (C=O) groups is 1. The first kappa shape index (κ1) is 17.2. The number of carbonyl (C=O) groups excluding carboxylic acids is 1. The van der Waals surface area contributed by atoms with E-state index < -0.39 is 0 Å². The van der Waals surface area contributed by atoms with E-state index in [9.17, 15) is 9.90 Å². The summed E-state index contributed by atoms with van der Waals surface area (Å²) in [7, 11) is 0. The zero-order valence-electron chi connectivity index (χ0n) is 14.6. The first-order valence-electron chi connectivity index (χ1n) is 9.55. The number of aliphatic hydroxyl groups excluding tert-OH is 1. The molecule has 3 rings (SSSR count). The highest BCUT2D eigenvalue weighted by Crippen LogP contribution is 2.35. The van der Waals surface area contributed by atoms with Gasteiger partial charge in [0.15, 0.2) is 0 Å². The van der Waals surface area contributed by atoms with Crippen LogP contribution in [0.25, 0.3) is 0 Å². The van der Waals surface area contributed by atoms with Crippen LogP contribution in [0, 0.1) is 5.92 Å². The van der Waals surface area contributed by atoms with Gasteiger partial charge in [-0.05, 0) is 38.5 Å². The van der Waals surface area contributed by atoms with Crippen LogP contribution in [-0.4, -0.2) is 83.7 Å². The van der Waals surface area contributed by atoms with E-state index in [1.165, 1.54) is 38.5 Å². The van der Waals surface area contributed by atoms with Crippen LogP contribution in [0.2, 0.25) is 0 Å². The molecule has 2 aliphatic heterocycles. The summed E-state index contributed by atoms with van der Waals surface area (Å²) in [6.45, 7) is 7.97. The molecule has 0 aromatic carbocycles. The first-order valence-corrected chi connectivity index (χ1v) is 9.55. The molecule has 132 valence electrons. The fourth-order valence-corrected chi connectivity index (χ4v) is 4.72. The van der Waals surface area contributed by atoms with E-state index in [0.717, 1.165) is 45.2 Å². The number of rotatable bonds is 4. The highest BCUT2D eigenvalue weighted by Gasteiger charge is 2.36. The molecule has 5 heteroatoms. The Morgan fingerprint density at radius 1 is 1.00 bits per heavy atom. The minimum absolute atomic E-state index is 0.264. The van der Waals surface area contributed by atoms with Gasteiger partial charge >= 0.3 is 0 Å². The van der Waals surface area contributed by atoms with Gasteiger partial charge in [-0.1, -0.05) is 12.8 Å². The molecule has 3 fully saturated rings. The Kier molecular flexibility index (Phi) is 5.94. The van der Waals surface area contributed by atoms with Crippen molar-refractivity contribution in [3.63, 3.8) is 0 Å². The van der Waals surface area contributed by atoms with Crippen LogP contribution in [0.15, 0.2) is 0 Å². The average Bonchev–Trinajstić information content (AvgIpc) is 2.55. The predicted molar refractivity (Wildman–Crippen MR) is 91.3 cm³/mol. The van der Waals surface area contributed by atoms with Gasteiger partial charge < -0.3 is 10.0 Å². The second-order valence-electron chi connectivity index (χ2n) is 7.77. The summed E-state index contributed by atoms with van der Waals surface area (Å²) in [6, 6.07) is 0.529. The number of hydrogen-bond acceptors (Lipinski definition) is 4. The number of fused-ring (bicyclic) bond motifs is 1. The molecule has 2 saturated heterocycles. The SMILES string of the molecule is C[C@H](O)CN1CCN(CC(=O)N2CCC[C@@H]3CCCC[C@@H]32)CC1. The normalized spacial score (nSPS) is 31.7. The highest BCUT2D eigenvalue weighted by molar-refractivity contribution is 5.78. The number of piperidine rings is 1. The number of amides is 1. The first-order chi connectivity index (χ1) is 11.1. The lowest BCUT2D eigenvalue weighted by molar-refractivity contribution is -0.139. The van der Waals surface area contributed by atoms with Crippen molar-refractivity contribution in [1.29, 1.82) is 0 Å². The van der Waals surface area contributed by atoms with Gasteiger partial charge in [0.25, 0.3) is 0 Å². The number of hydrogen-bond donors (Lipinski definition) is 1. The van der Waals surface area contributed by atoms with E-state index in [1.54, 1.807) is 0 Å². The largest absolute Gasteiger partial charge is 0.392 e. The molecule has 0 unspecified atom stereocenters. The third-order valence-electron chi connectivity index (χ3n) is 5.91. The third-order valence-corrected chi connectivity index (χ3v) is 5.91. The molecule has 0 bridgehead atoms. The fraction of sp³-hybridized carbons (Fsp3) is 0.944. The van der Waals surface area contributed by atoms with Gasteiger partial charge in [-0.25, -0.2) is 0 Å². The molecule has 3 aliphatic rings. The third kappa shape index (κ3) is 4.46. The Morgan fingerprint density at radius 2 is 1.65 bits per heavy atom. The minimum atomic E-state index is -0.264. The molecule has 0 aromatic heterocycles. The lowest BCUT2D eigenvalue weighted by Gasteiger charge is -2.45. The Balaban J connectivity index is 1.47. The Bertz CT molecular complexity index is 392. The van der Waals surface area contributed by atoms with E-state index in [2.05, 4.69) is 14.7 Å². The molecule has 23 heavy (non-hydrogen) atoms. The second kappa shape index (κ2) is 7.95. The van der Waals surface area contributed by atoms with E-state index in [-0.39, 0.29) is 6.10 Å². The summed E-state index contributed by atoms with van der Waals surface area (Å²) in [4.78, 5) is 19.6. The van der Waals surface area contributed by atoms with Gasteiger partial charge in [0, 0.05) is 45.3 Å². The van der Waals surface area contributed by atoms with Gasteiger partial charge in [-0.3, -0.25) is 14.6 Å². The van der Waals surface area contributed by atoms with Gasteiger partial charge in [-0.2, -0.15) is 0 Å². The van der Waals surface area contributed by atoms with E-state index in [1.807, 2.05) is 6.92 Å². The van der Waals surface area contributed by atoms with Crippen molar-refractivity contribution in [1.82, 2.24) is 14.7 Å². The molecular weight excluding hydrogens is 290 g/mol. The smallest absolute Gasteiger partial charge is 0.237 e. The highest BCUT2D eigenvalue weighted by atomic mass is 16.3. The molecule has 2 heterocycles. The lowest BCUT2D eigenvalue weighted by Crippen LogP contribution is -2.55. The predicted octanol–water partition coefficient (Wildman–Crippen LogP) is 1.17. The van der Waals surface area contributed by atoms with E-state index in [0.29, 0.717) is 18.5 Å². The molecule has 1 amide bonds. The average molecular weight is 323 g/mol. The van der Waals surface area contributed by atoms with Gasteiger partial charge in [0.1, 0.15) is 0 Å². The zero-order valence-corrected chi connectivity index (χ0v) is 14.6. The van der Waals surface area contributed by atoms with Crippen molar-refractivity contribution in [3.8, 4) is 0 Å². The monoisotopic (exact) mass is 323 g/mol. The van der Waals surface area contributed by atoms with Gasteiger partial charge in [0.2, 0.25) is 5.91 Å². The lowest BCUT2D eigenvalue weighted by atomic mass is 9.78.